The van der Waals surface area contributed by atoms with Crippen molar-refractivity contribution < 1.29 is 106 Å². The van der Waals surface area contributed by atoms with Crippen LogP contribution in [0.5, 0.6) is 0 Å². The Morgan fingerprint density at radius 2 is 0.891 bits per heavy atom. The Morgan fingerprint density at radius 3 is 1.29 bits per heavy atom. The molecule has 27 nitrogen and oxygen atoms in total. The van der Waals surface area contributed by atoms with Crippen molar-refractivity contribution in [1.29, 1.82) is 0 Å². The maximum atomic E-state index is 13.7. The molecule has 0 radical (unpaired) electrons. The second kappa shape index (κ2) is 45.1. The van der Waals surface area contributed by atoms with Crippen molar-refractivity contribution in [2.75, 3.05) is 121 Å². The number of carbonyl (C=O) groups excluding carboxylic acids is 8. The molecule has 0 saturated heterocycles. The van der Waals surface area contributed by atoms with Gasteiger partial charge in [-0.3, -0.25) is 33.7 Å². The third kappa shape index (κ3) is 34.5. The van der Waals surface area contributed by atoms with Crippen LogP contribution in [0.2, 0.25) is 0 Å². The number of fused-ring (bicyclic) bond motifs is 3. The standard InChI is InChI=1S/C36H43N3O7.C22H41N3O5S.C14H27N3O5.Li.H2O/c1-36(2,3)46-34(42)38(5)21-20-37(4)33(41)31(22-32(40)44-23-25-14-8-7-9-15-25)39(6)35(43)45-24-30-28-18-12-10-16-26(28)27-17-11-13-19-29(27)30;1-17(12-10-9-11-15-31-8)25(7)18(16-19(26)27)20(28)23(5)13-14-24(6)21(29)30-22(2,3)4;1-14(2,3)22-13(21)17(6)8-7-16(5)12(20)10(15-4)9-11(18)19;;/h7-19,30-31H,20-24H2,1-6H3;18H,1,9-16H2,2-8H3,(H,26,27);10,15H,7-9H2,1-6H3,(H,18,19);;1H2/q;;;+1;/p-1/t31-;18-;10-;;/m000../s1. The van der Waals surface area contributed by atoms with Gasteiger partial charge in [-0.05, 0) is 128 Å². The van der Waals surface area contributed by atoms with Gasteiger partial charge >= 0.3 is 61.1 Å². The van der Waals surface area contributed by atoms with Crippen LogP contribution in [0.15, 0.2) is 91.1 Å². The van der Waals surface area contributed by atoms with Gasteiger partial charge in [-0.2, -0.15) is 11.8 Å². The van der Waals surface area contributed by atoms with Crippen LogP contribution in [0, 0.1) is 0 Å². The van der Waals surface area contributed by atoms with E-state index in [9.17, 15) is 53.1 Å². The minimum absolute atomic E-state index is 0. The topological polar surface area (TPSA) is 325 Å². The molecule has 0 saturated carbocycles. The van der Waals surface area contributed by atoms with Gasteiger partial charge in [0.1, 0.15) is 42.1 Å². The molecule has 1 aliphatic carbocycles. The average Bonchev–Trinajstić information content (AvgIpc) is 1.62. The smallest absolute Gasteiger partial charge is 0.870 e. The summed E-state index contributed by atoms with van der Waals surface area (Å²) in [5.41, 5.74) is 4.02. The van der Waals surface area contributed by atoms with Gasteiger partial charge in [-0.1, -0.05) is 91.9 Å². The molecule has 3 aromatic rings. The van der Waals surface area contributed by atoms with E-state index >= 15 is 0 Å². The zero-order valence-electron chi connectivity index (χ0n) is 63.3. The van der Waals surface area contributed by atoms with Crippen LogP contribution in [0.4, 0.5) is 19.2 Å². The van der Waals surface area contributed by atoms with Gasteiger partial charge in [0, 0.05) is 107 Å². The molecule has 0 aliphatic heterocycles. The van der Waals surface area contributed by atoms with Gasteiger partial charge in [0.15, 0.2) is 0 Å². The molecule has 1 aliphatic rings. The number of allylic oxidation sites excluding steroid dienone is 1. The predicted molar refractivity (Wildman–Crippen MR) is 384 cm³/mol. The van der Waals surface area contributed by atoms with Crippen LogP contribution < -0.4 is 24.2 Å². The number of rotatable bonds is 32. The first-order valence-corrected chi connectivity index (χ1v) is 34.4. The van der Waals surface area contributed by atoms with Gasteiger partial charge in [-0.15, -0.1) is 0 Å². The summed E-state index contributed by atoms with van der Waals surface area (Å²) >= 11 is 1.82. The molecule has 101 heavy (non-hydrogen) atoms. The molecule has 4 rings (SSSR count). The number of nitrogens with one attached hydrogen (secondary N) is 1. The van der Waals surface area contributed by atoms with Crippen molar-refractivity contribution in [2.45, 2.75) is 155 Å². The number of aliphatic carboxylic acids is 2. The molecule has 0 heterocycles. The molecule has 0 bridgehead atoms. The number of hydrogen-bond acceptors (Lipinski definition) is 19. The van der Waals surface area contributed by atoms with Crippen molar-refractivity contribution in [3.8, 4) is 11.1 Å². The quantitative estimate of drug-likeness (QED) is 0.0263. The Morgan fingerprint density at radius 1 is 0.505 bits per heavy atom. The molecule has 7 amide bonds. The maximum Gasteiger partial charge on any atom is 1.00 e. The fourth-order valence-corrected chi connectivity index (χ4v) is 10.2. The molecule has 0 fully saturated rings. The van der Waals surface area contributed by atoms with Crippen LogP contribution in [0.1, 0.15) is 130 Å². The second-order valence-electron chi connectivity index (χ2n) is 27.3. The predicted octanol–water partition coefficient (Wildman–Crippen LogP) is 6.42. The van der Waals surface area contributed by atoms with Crippen molar-refractivity contribution in [3.63, 3.8) is 0 Å². The summed E-state index contributed by atoms with van der Waals surface area (Å²) in [6.45, 7) is 21.6. The minimum atomic E-state index is -1.20. The van der Waals surface area contributed by atoms with E-state index < -0.39 is 83.1 Å². The van der Waals surface area contributed by atoms with Crippen LogP contribution in [0.25, 0.3) is 11.1 Å². The molecule has 0 unspecified atom stereocenters. The second-order valence-corrected chi connectivity index (χ2v) is 28.3. The summed E-state index contributed by atoms with van der Waals surface area (Å²) in [6, 6.07) is 22.4. The summed E-state index contributed by atoms with van der Waals surface area (Å²) in [6.07, 6.45) is 2.77. The number of thioether (sulfide) groups is 1. The number of nitrogens with zero attached hydrogens (tertiary/aromatic N) is 8. The Bertz CT molecular complexity index is 3100. The van der Waals surface area contributed by atoms with E-state index in [0.29, 0.717) is 6.54 Å². The number of likely N-dealkylation sites (N-methyl/N-ethyl adjacent to an activating group) is 9. The Hall–Kier alpha value is -8.03. The molecule has 0 aromatic heterocycles. The van der Waals surface area contributed by atoms with Crippen LogP contribution in [0.3, 0.4) is 0 Å². The number of carbonyl (C=O) groups is 10. The monoisotopic (exact) mass is 1430 g/mol. The molecular weight excluding hydrogens is 1320 g/mol. The zero-order valence-corrected chi connectivity index (χ0v) is 64.1. The van der Waals surface area contributed by atoms with Gasteiger partial charge in [0.25, 0.3) is 0 Å². The Kier molecular flexibility index (Phi) is 41.5. The van der Waals surface area contributed by atoms with Gasteiger partial charge in [0.2, 0.25) is 17.7 Å². The number of amides is 7. The molecule has 3 aromatic carbocycles. The third-order valence-corrected chi connectivity index (χ3v) is 16.2. The Labute approximate surface area is 614 Å². The minimum Gasteiger partial charge on any atom is -0.870 e. The third-order valence-electron chi connectivity index (χ3n) is 15.5. The Balaban J connectivity index is 0.00000159. The molecule has 4 N–H and O–H groups in total. The van der Waals surface area contributed by atoms with Gasteiger partial charge < -0.3 is 79.0 Å². The molecule has 3 atom stereocenters. The summed E-state index contributed by atoms with van der Waals surface area (Å²) in [5.74, 6) is -2.92. The summed E-state index contributed by atoms with van der Waals surface area (Å²) in [5, 5.41) is 20.8. The normalized spacial score (nSPS) is 12.2. The number of hydrogen-bond donors (Lipinski definition) is 3. The van der Waals surface area contributed by atoms with Crippen molar-refractivity contribution in [1.82, 2.24) is 44.5 Å². The zero-order chi connectivity index (χ0) is 75.1. The number of benzene rings is 3. The fourth-order valence-electron chi connectivity index (χ4n) is 9.66. The van der Waals surface area contributed by atoms with Crippen LogP contribution in [-0.4, -0.2) is 271 Å². The van der Waals surface area contributed by atoms with E-state index in [-0.39, 0.29) is 107 Å². The first-order chi connectivity index (χ1) is 46.1. The van der Waals surface area contributed by atoms with Gasteiger partial charge in [-0.25, -0.2) is 19.2 Å². The van der Waals surface area contributed by atoms with E-state index in [2.05, 4.69) is 18.2 Å². The summed E-state index contributed by atoms with van der Waals surface area (Å²) in [4.78, 5) is 135. The maximum absolute atomic E-state index is 13.7. The van der Waals surface area contributed by atoms with Gasteiger partial charge in [0.05, 0.1) is 25.3 Å². The summed E-state index contributed by atoms with van der Waals surface area (Å²) < 4.78 is 27.2. The van der Waals surface area contributed by atoms with E-state index in [4.69, 9.17) is 28.8 Å². The average molecular weight is 1430 g/mol. The van der Waals surface area contributed by atoms with Crippen molar-refractivity contribution in [2.24, 2.45) is 0 Å². The van der Waals surface area contributed by atoms with Crippen LogP contribution in [-0.2, 0) is 59.1 Å². The first-order valence-electron chi connectivity index (χ1n) is 33.0. The molecule has 0 spiro atoms. The number of carboxylic acids is 2. The number of carboxylic acid groups (broad SMARTS) is 2. The van der Waals surface area contributed by atoms with E-state index in [1.54, 1.807) is 117 Å². The molecule has 560 valence electrons. The number of ether oxygens (including phenoxy) is 5. The number of esters is 1. The SMILES string of the molecule is C=C(CCCCCSC)N(C)[C@@H](CC(=O)O)C(=O)N(C)CCN(C)C(=O)OC(C)(C)C.CN(CCN(C)C(=O)[C@H](CC(=O)OCc1ccccc1)N(C)C(=O)OCC1c2ccccc2-c2ccccc21)C(=O)OC(C)(C)C.CN[C@@H](CC(=O)O)C(=O)N(C)CCN(C)C(=O)OC(C)(C)C.[Li+].[OH-]. The van der Waals surface area contributed by atoms with Crippen molar-refractivity contribution >= 4 is 71.8 Å². The fraction of sp³-hybridized carbons (Fsp3) is 0.583. The summed E-state index contributed by atoms with van der Waals surface area (Å²) in [7, 11) is 14.2. The number of unbranched alkanes of at least 4 members (excludes halogenated alkanes) is 2. The first kappa shape index (κ1) is 93.0. The van der Waals surface area contributed by atoms with E-state index in [1.165, 1.54) is 43.5 Å². The van der Waals surface area contributed by atoms with Crippen molar-refractivity contribution in [3.05, 3.63) is 108 Å². The van der Waals surface area contributed by atoms with Crippen LogP contribution >= 0.6 is 11.8 Å². The molecular formula is C72H112LiN9O18S. The van der Waals surface area contributed by atoms with E-state index in [0.717, 1.165) is 69.9 Å². The molecule has 29 heteroatoms. The largest absolute Gasteiger partial charge is 1.00 e. The van der Waals surface area contributed by atoms with E-state index in [1.807, 2.05) is 90.6 Å².